The van der Waals surface area contributed by atoms with Crippen LogP contribution in [0.25, 0.3) is 0 Å². The van der Waals surface area contributed by atoms with Gasteiger partial charge in [-0.15, -0.1) is 0 Å². The molecule has 1 heterocycles. The largest absolute Gasteiger partial charge is 0.383 e. The Morgan fingerprint density at radius 3 is 2.86 bits per heavy atom. The van der Waals surface area contributed by atoms with E-state index < -0.39 is 15.9 Å². The molecule has 0 radical (unpaired) electrons. The summed E-state index contributed by atoms with van der Waals surface area (Å²) in [4.78, 5) is 15.2. The average Bonchev–Trinajstić information content (AvgIpc) is 2.41. The lowest BCUT2D eigenvalue weighted by Crippen LogP contribution is -2.39. The molecule has 0 aliphatic carbocycles. The Hall–Kier alpha value is -0.740. The van der Waals surface area contributed by atoms with Crippen LogP contribution in [0.2, 0.25) is 5.15 Å². The lowest BCUT2D eigenvalue weighted by atomic mass is 10.5. The summed E-state index contributed by atoms with van der Waals surface area (Å²) in [6, 6.07) is 1.34. The fourth-order valence-corrected chi connectivity index (χ4v) is 3.43. The SMILES string of the molecule is COCCNC(=O)CN(C)S(=O)(=O)c1cc(Br)cnc1Cl. The van der Waals surface area contributed by atoms with E-state index in [4.69, 9.17) is 16.3 Å². The molecule has 1 amide bonds. The van der Waals surface area contributed by atoms with Crippen LogP contribution in [0.3, 0.4) is 0 Å². The van der Waals surface area contributed by atoms with Crippen molar-refractivity contribution in [2.75, 3.05) is 33.9 Å². The molecule has 0 saturated carbocycles. The number of aromatic nitrogens is 1. The van der Waals surface area contributed by atoms with Gasteiger partial charge in [0.15, 0.2) is 0 Å². The van der Waals surface area contributed by atoms with Gasteiger partial charge in [0.25, 0.3) is 0 Å². The number of ether oxygens (including phenoxy) is 1. The fraction of sp³-hybridized carbons (Fsp3) is 0.455. The monoisotopic (exact) mass is 399 g/mol. The standard InChI is InChI=1S/C11H15BrClN3O4S/c1-16(7-10(17)14-3-4-20-2)21(18,19)9-5-8(12)6-15-11(9)13/h5-6H,3-4,7H2,1-2H3,(H,14,17). The van der Waals surface area contributed by atoms with E-state index >= 15 is 0 Å². The molecule has 1 aromatic rings. The Balaban J connectivity index is 2.82. The highest BCUT2D eigenvalue weighted by Gasteiger charge is 2.26. The Labute approximate surface area is 136 Å². The van der Waals surface area contributed by atoms with E-state index in [1.807, 2.05) is 0 Å². The number of methoxy groups -OCH3 is 1. The second-order valence-electron chi connectivity index (χ2n) is 4.05. The molecule has 1 N–H and O–H groups in total. The maximum atomic E-state index is 12.3. The molecule has 1 aromatic heterocycles. The number of nitrogens with one attached hydrogen (secondary N) is 1. The highest BCUT2D eigenvalue weighted by Crippen LogP contribution is 2.24. The van der Waals surface area contributed by atoms with Crippen molar-refractivity contribution in [3.63, 3.8) is 0 Å². The van der Waals surface area contributed by atoms with E-state index in [2.05, 4.69) is 26.2 Å². The lowest BCUT2D eigenvalue weighted by Gasteiger charge is -2.17. The Kier molecular flexibility index (Phi) is 7.01. The zero-order valence-corrected chi connectivity index (χ0v) is 14.6. The molecule has 118 valence electrons. The minimum absolute atomic E-state index is 0.148. The molecule has 7 nitrogen and oxygen atoms in total. The molecule has 1 rings (SSSR count). The Morgan fingerprint density at radius 2 is 2.24 bits per heavy atom. The summed E-state index contributed by atoms with van der Waals surface area (Å²) in [5, 5.41) is 2.39. The van der Waals surface area contributed by atoms with Crippen molar-refractivity contribution >= 4 is 43.5 Å². The van der Waals surface area contributed by atoms with Crippen LogP contribution >= 0.6 is 27.5 Å². The number of carbonyl (C=O) groups excluding carboxylic acids is 1. The summed E-state index contributed by atoms with van der Waals surface area (Å²) < 4.78 is 30.9. The molecule has 0 bridgehead atoms. The number of amides is 1. The number of pyridine rings is 1. The van der Waals surface area contributed by atoms with E-state index in [1.165, 1.54) is 26.4 Å². The first-order chi connectivity index (χ1) is 9.78. The van der Waals surface area contributed by atoms with Crippen molar-refractivity contribution in [1.82, 2.24) is 14.6 Å². The molecule has 0 saturated heterocycles. The van der Waals surface area contributed by atoms with Gasteiger partial charge in [0, 0.05) is 31.4 Å². The number of sulfonamides is 1. The van der Waals surface area contributed by atoms with Crippen LogP contribution in [0.4, 0.5) is 0 Å². The summed E-state index contributed by atoms with van der Waals surface area (Å²) in [7, 11) is -1.10. The molecular weight excluding hydrogens is 386 g/mol. The van der Waals surface area contributed by atoms with Gasteiger partial charge in [-0.2, -0.15) is 4.31 Å². The molecule has 21 heavy (non-hydrogen) atoms. The van der Waals surface area contributed by atoms with Crippen molar-refractivity contribution in [3.8, 4) is 0 Å². The predicted molar refractivity (Wildman–Crippen MR) is 81.6 cm³/mol. The van der Waals surface area contributed by atoms with E-state index in [0.717, 1.165) is 4.31 Å². The van der Waals surface area contributed by atoms with Gasteiger partial charge in [-0.05, 0) is 22.0 Å². The highest BCUT2D eigenvalue weighted by atomic mass is 79.9. The third kappa shape index (κ3) is 5.19. The molecule has 0 aromatic carbocycles. The second-order valence-corrected chi connectivity index (χ2v) is 7.33. The van der Waals surface area contributed by atoms with Crippen LogP contribution in [0, 0.1) is 0 Å². The maximum absolute atomic E-state index is 12.3. The van der Waals surface area contributed by atoms with Gasteiger partial charge in [-0.25, -0.2) is 13.4 Å². The molecule has 0 aliphatic rings. The van der Waals surface area contributed by atoms with E-state index in [9.17, 15) is 13.2 Å². The van der Waals surface area contributed by atoms with Gasteiger partial charge in [-0.3, -0.25) is 4.79 Å². The third-order valence-electron chi connectivity index (χ3n) is 2.46. The average molecular weight is 401 g/mol. The molecular formula is C11H15BrClN3O4S. The molecule has 0 atom stereocenters. The number of rotatable bonds is 7. The first-order valence-corrected chi connectivity index (χ1v) is 8.43. The predicted octanol–water partition coefficient (Wildman–Crippen LogP) is 0.881. The van der Waals surface area contributed by atoms with Crippen molar-refractivity contribution in [2.24, 2.45) is 0 Å². The van der Waals surface area contributed by atoms with Crippen LogP contribution in [0.5, 0.6) is 0 Å². The number of hydrogen-bond acceptors (Lipinski definition) is 5. The van der Waals surface area contributed by atoms with Crippen LogP contribution in [0.1, 0.15) is 0 Å². The van der Waals surface area contributed by atoms with Crippen molar-refractivity contribution in [2.45, 2.75) is 4.90 Å². The molecule has 0 unspecified atom stereocenters. The van der Waals surface area contributed by atoms with Gasteiger partial charge in [0.05, 0.1) is 13.2 Å². The van der Waals surface area contributed by atoms with Crippen molar-refractivity contribution < 1.29 is 17.9 Å². The first-order valence-electron chi connectivity index (χ1n) is 5.82. The van der Waals surface area contributed by atoms with Crippen LogP contribution in [0.15, 0.2) is 21.6 Å². The number of nitrogens with zero attached hydrogens (tertiary/aromatic N) is 2. The van der Waals surface area contributed by atoms with Crippen LogP contribution in [-0.2, 0) is 19.6 Å². The summed E-state index contributed by atoms with van der Waals surface area (Å²) in [5.74, 6) is -0.433. The first kappa shape index (κ1) is 18.3. The number of carbonyl (C=O) groups is 1. The Bertz CT molecular complexity index is 611. The number of likely N-dealkylation sites (N-methyl/N-ethyl adjacent to an activating group) is 1. The normalized spacial score (nSPS) is 11.7. The molecule has 0 spiro atoms. The molecule has 0 fully saturated rings. The summed E-state index contributed by atoms with van der Waals surface area (Å²) in [6.45, 7) is 0.334. The summed E-state index contributed by atoms with van der Waals surface area (Å²) in [6.07, 6.45) is 1.39. The lowest BCUT2D eigenvalue weighted by molar-refractivity contribution is -0.121. The zero-order chi connectivity index (χ0) is 16.0. The minimum Gasteiger partial charge on any atom is -0.383 e. The third-order valence-corrected chi connectivity index (χ3v) is 5.12. The van der Waals surface area contributed by atoms with E-state index in [0.29, 0.717) is 17.6 Å². The van der Waals surface area contributed by atoms with Crippen molar-refractivity contribution in [3.05, 3.63) is 21.9 Å². The Morgan fingerprint density at radius 1 is 1.57 bits per heavy atom. The second kappa shape index (κ2) is 8.04. The summed E-state index contributed by atoms with van der Waals surface area (Å²) in [5.41, 5.74) is 0. The number of halogens is 2. The van der Waals surface area contributed by atoms with E-state index in [-0.39, 0.29) is 16.6 Å². The quantitative estimate of drug-likeness (QED) is 0.542. The van der Waals surface area contributed by atoms with Crippen LogP contribution in [-0.4, -0.2) is 57.5 Å². The fourth-order valence-electron chi connectivity index (χ4n) is 1.39. The smallest absolute Gasteiger partial charge is 0.246 e. The highest BCUT2D eigenvalue weighted by molar-refractivity contribution is 9.10. The van der Waals surface area contributed by atoms with E-state index in [1.54, 1.807) is 0 Å². The van der Waals surface area contributed by atoms with Gasteiger partial charge in [-0.1, -0.05) is 11.6 Å². The number of hydrogen-bond donors (Lipinski definition) is 1. The van der Waals surface area contributed by atoms with Gasteiger partial charge < -0.3 is 10.1 Å². The topological polar surface area (TPSA) is 88.6 Å². The van der Waals surface area contributed by atoms with Gasteiger partial charge in [0.2, 0.25) is 15.9 Å². The minimum atomic E-state index is -3.90. The zero-order valence-electron chi connectivity index (χ0n) is 11.5. The summed E-state index contributed by atoms with van der Waals surface area (Å²) >= 11 is 8.94. The van der Waals surface area contributed by atoms with Crippen molar-refractivity contribution in [1.29, 1.82) is 0 Å². The molecule has 10 heteroatoms. The van der Waals surface area contributed by atoms with Crippen LogP contribution < -0.4 is 5.32 Å². The molecule has 0 aliphatic heterocycles. The van der Waals surface area contributed by atoms with Gasteiger partial charge in [0.1, 0.15) is 10.0 Å². The maximum Gasteiger partial charge on any atom is 0.246 e. The van der Waals surface area contributed by atoms with Gasteiger partial charge >= 0.3 is 0 Å².